The number of rotatable bonds is 6. The molecule has 6 nitrogen and oxygen atoms in total. The van der Waals surface area contributed by atoms with Crippen molar-refractivity contribution in [1.82, 2.24) is 10.2 Å². The number of sulfone groups is 1. The Hall–Kier alpha value is -1.34. The number of likely N-dealkylation sites (tertiary alicyclic amines) is 1. The normalized spacial score (nSPS) is 24.9. The first kappa shape index (κ1) is 17.5. The average Bonchev–Trinajstić information content (AvgIpc) is 3.21. The minimum atomic E-state index is -2.84. The molecule has 2 fully saturated rings. The van der Waals surface area contributed by atoms with Gasteiger partial charge in [0, 0.05) is 24.9 Å². The molecular weight excluding hydrogens is 328 g/mol. The summed E-state index contributed by atoms with van der Waals surface area (Å²) in [6.07, 6.45) is 5.75. The van der Waals surface area contributed by atoms with E-state index < -0.39 is 9.84 Å². The predicted octanol–water partition coefficient (Wildman–Crippen LogP) is 1.23. The zero-order valence-corrected chi connectivity index (χ0v) is 14.8. The lowest BCUT2D eigenvalue weighted by molar-refractivity contribution is -0.126. The van der Waals surface area contributed by atoms with Crippen molar-refractivity contribution in [2.75, 3.05) is 31.1 Å². The summed E-state index contributed by atoms with van der Waals surface area (Å²) < 4.78 is 28.5. The maximum atomic E-state index is 12.2. The lowest BCUT2D eigenvalue weighted by Crippen LogP contribution is -2.45. The minimum Gasteiger partial charge on any atom is -0.469 e. The third kappa shape index (κ3) is 4.60. The maximum absolute atomic E-state index is 12.2. The highest BCUT2D eigenvalue weighted by molar-refractivity contribution is 7.91. The second-order valence-electron chi connectivity index (χ2n) is 6.84. The van der Waals surface area contributed by atoms with Crippen molar-refractivity contribution in [1.29, 1.82) is 0 Å². The molecule has 1 aromatic rings. The summed E-state index contributed by atoms with van der Waals surface area (Å²) in [5.74, 6) is 1.74. The highest BCUT2D eigenvalue weighted by Gasteiger charge is 2.35. The molecule has 0 unspecified atom stereocenters. The van der Waals surface area contributed by atoms with Crippen LogP contribution < -0.4 is 5.32 Å². The molecule has 3 rings (SSSR count). The van der Waals surface area contributed by atoms with E-state index in [-0.39, 0.29) is 23.6 Å². The van der Waals surface area contributed by atoms with Gasteiger partial charge in [0.2, 0.25) is 5.91 Å². The van der Waals surface area contributed by atoms with Crippen molar-refractivity contribution in [3.63, 3.8) is 0 Å². The summed E-state index contributed by atoms with van der Waals surface area (Å²) in [5.41, 5.74) is 0. The second kappa shape index (κ2) is 7.70. The van der Waals surface area contributed by atoms with Crippen molar-refractivity contribution < 1.29 is 17.6 Å². The van der Waals surface area contributed by atoms with Gasteiger partial charge in [0.1, 0.15) is 5.76 Å². The van der Waals surface area contributed by atoms with Crippen molar-refractivity contribution in [2.45, 2.75) is 38.1 Å². The van der Waals surface area contributed by atoms with Gasteiger partial charge in [-0.15, -0.1) is 0 Å². The molecule has 1 N–H and O–H groups in total. The van der Waals surface area contributed by atoms with Crippen LogP contribution in [-0.2, 0) is 21.1 Å². The fraction of sp³-hybridized carbons (Fsp3) is 0.706. The van der Waals surface area contributed by atoms with E-state index >= 15 is 0 Å². The van der Waals surface area contributed by atoms with Crippen LogP contribution in [0.3, 0.4) is 0 Å². The monoisotopic (exact) mass is 354 g/mol. The van der Waals surface area contributed by atoms with E-state index in [0.717, 1.165) is 51.0 Å². The average molecular weight is 354 g/mol. The number of piperidine rings is 1. The van der Waals surface area contributed by atoms with Crippen molar-refractivity contribution in [3.05, 3.63) is 24.2 Å². The number of hydrogen-bond donors (Lipinski definition) is 1. The van der Waals surface area contributed by atoms with Crippen LogP contribution in [0.5, 0.6) is 0 Å². The van der Waals surface area contributed by atoms with Crippen molar-refractivity contribution in [3.8, 4) is 0 Å². The molecular formula is C17H26N2O4S. The molecule has 0 spiro atoms. The summed E-state index contributed by atoms with van der Waals surface area (Å²) in [5, 5.41) is 3.02. The highest BCUT2D eigenvalue weighted by Crippen LogP contribution is 2.24. The Labute approximate surface area is 143 Å². The molecule has 0 aliphatic carbocycles. The quantitative estimate of drug-likeness (QED) is 0.777. The molecule has 134 valence electrons. The number of carbonyl (C=O) groups is 1. The van der Waals surface area contributed by atoms with E-state index in [1.54, 1.807) is 6.26 Å². The Morgan fingerprint density at radius 2 is 2.08 bits per heavy atom. The van der Waals surface area contributed by atoms with Crippen LogP contribution in [0.4, 0.5) is 0 Å². The van der Waals surface area contributed by atoms with Gasteiger partial charge in [-0.05, 0) is 50.9 Å². The maximum Gasteiger partial charge on any atom is 0.223 e. The Bertz CT molecular complexity index is 634. The number of nitrogens with zero attached hydrogens (tertiary/aromatic N) is 1. The molecule has 2 saturated heterocycles. The SMILES string of the molecule is O=C(NCCCc1ccco1)C1CCN([C@H]2CCS(=O)(=O)C2)CC1. The molecule has 0 saturated carbocycles. The summed E-state index contributed by atoms with van der Waals surface area (Å²) in [7, 11) is -2.84. The lowest BCUT2D eigenvalue weighted by atomic mass is 9.94. The second-order valence-corrected chi connectivity index (χ2v) is 9.07. The van der Waals surface area contributed by atoms with Crippen LogP contribution in [-0.4, -0.2) is 56.4 Å². The fourth-order valence-electron chi connectivity index (χ4n) is 3.66. The van der Waals surface area contributed by atoms with Crippen LogP contribution in [0.1, 0.15) is 31.4 Å². The molecule has 7 heteroatoms. The summed E-state index contributed by atoms with van der Waals surface area (Å²) in [6, 6.07) is 3.98. The standard InChI is InChI=1S/C17H26N2O4S/c20-17(18-8-1-3-16-4-2-11-23-16)14-5-9-19(10-6-14)15-7-12-24(21,22)13-15/h2,4,11,14-15H,1,3,5-10,12-13H2,(H,18,20)/t15-/m0/s1. The van der Waals surface area contributed by atoms with Crippen LogP contribution in [0.2, 0.25) is 0 Å². The van der Waals surface area contributed by atoms with Crippen LogP contribution in [0, 0.1) is 5.92 Å². The van der Waals surface area contributed by atoms with E-state index in [4.69, 9.17) is 4.42 Å². The van der Waals surface area contributed by atoms with Gasteiger partial charge in [-0.3, -0.25) is 9.69 Å². The predicted molar refractivity (Wildman–Crippen MR) is 91.4 cm³/mol. The molecule has 2 aliphatic rings. The lowest BCUT2D eigenvalue weighted by Gasteiger charge is -2.34. The first-order chi connectivity index (χ1) is 11.5. The zero-order valence-electron chi connectivity index (χ0n) is 13.9. The molecule has 0 radical (unpaired) electrons. The molecule has 3 heterocycles. The van der Waals surface area contributed by atoms with E-state index in [1.165, 1.54) is 0 Å². The Morgan fingerprint density at radius 3 is 2.71 bits per heavy atom. The first-order valence-corrected chi connectivity index (χ1v) is 10.6. The molecule has 1 amide bonds. The summed E-state index contributed by atoms with van der Waals surface area (Å²) >= 11 is 0. The third-order valence-electron chi connectivity index (χ3n) is 5.10. The summed E-state index contributed by atoms with van der Waals surface area (Å²) in [6.45, 7) is 2.32. The van der Waals surface area contributed by atoms with Crippen molar-refractivity contribution >= 4 is 15.7 Å². The number of hydrogen-bond acceptors (Lipinski definition) is 5. The van der Waals surface area contributed by atoms with Crippen LogP contribution in [0.25, 0.3) is 0 Å². The van der Waals surface area contributed by atoms with E-state index in [0.29, 0.717) is 12.3 Å². The largest absolute Gasteiger partial charge is 0.469 e. The molecule has 2 aliphatic heterocycles. The Balaban J connectivity index is 1.34. The third-order valence-corrected chi connectivity index (χ3v) is 6.85. The van der Waals surface area contributed by atoms with Gasteiger partial charge in [0.25, 0.3) is 0 Å². The number of amides is 1. The number of aryl methyl sites for hydroxylation is 1. The fourth-order valence-corrected chi connectivity index (χ4v) is 5.43. The smallest absolute Gasteiger partial charge is 0.223 e. The van der Waals surface area contributed by atoms with Gasteiger partial charge in [0.05, 0.1) is 17.8 Å². The van der Waals surface area contributed by atoms with E-state index in [9.17, 15) is 13.2 Å². The topological polar surface area (TPSA) is 79.6 Å². The van der Waals surface area contributed by atoms with Crippen molar-refractivity contribution in [2.24, 2.45) is 5.92 Å². The number of nitrogens with one attached hydrogen (secondary N) is 1. The zero-order chi connectivity index (χ0) is 17.0. The van der Waals surface area contributed by atoms with Gasteiger partial charge in [-0.25, -0.2) is 8.42 Å². The van der Waals surface area contributed by atoms with Crippen LogP contribution >= 0.6 is 0 Å². The highest BCUT2D eigenvalue weighted by atomic mass is 32.2. The van der Waals surface area contributed by atoms with E-state index in [2.05, 4.69) is 10.2 Å². The minimum absolute atomic E-state index is 0.0582. The summed E-state index contributed by atoms with van der Waals surface area (Å²) in [4.78, 5) is 14.5. The number of furan rings is 1. The van der Waals surface area contributed by atoms with E-state index in [1.807, 2.05) is 12.1 Å². The number of carbonyl (C=O) groups excluding carboxylic acids is 1. The van der Waals surface area contributed by atoms with Gasteiger partial charge < -0.3 is 9.73 Å². The van der Waals surface area contributed by atoms with Gasteiger partial charge in [-0.2, -0.15) is 0 Å². The molecule has 0 aromatic carbocycles. The Kier molecular flexibility index (Phi) is 5.61. The van der Waals surface area contributed by atoms with Crippen LogP contribution in [0.15, 0.2) is 22.8 Å². The van der Waals surface area contributed by atoms with Gasteiger partial charge in [-0.1, -0.05) is 0 Å². The molecule has 24 heavy (non-hydrogen) atoms. The first-order valence-electron chi connectivity index (χ1n) is 8.78. The molecule has 0 bridgehead atoms. The molecule has 1 atom stereocenters. The Morgan fingerprint density at radius 1 is 1.29 bits per heavy atom. The van der Waals surface area contributed by atoms with Gasteiger partial charge >= 0.3 is 0 Å². The molecule has 1 aromatic heterocycles. The van der Waals surface area contributed by atoms with Gasteiger partial charge in [0.15, 0.2) is 9.84 Å².